The standard InChI is InChI=1S/C15H23ClN2O2/c1-3-7-17-8-9-18-15(19)13-11-12(16)5-6-14(13)20-10-4-2/h5-6,11,17H,3-4,7-10H2,1-2H3,(H,18,19). The van der Waals surface area contributed by atoms with Crippen LogP contribution in [0, 0.1) is 0 Å². The number of hydrogen-bond donors (Lipinski definition) is 2. The first-order valence-electron chi connectivity index (χ1n) is 7.10. The summed E-state index contributed by atoms with van der Waals surface area (Å²) in [6.45, 7) is 7.01. The maximum atomic E-state index is 12.1. The number of nitrogens with one attached hydrogen (secondary N) is 2. The number of hydrogen-bond acceptors (Lipinski definition) is 3. The number of carbonyl (C=O) groups excluding carboxylic acids is 1. The number of halogens is 1. The summed E-state index contributed by atoms with van der Waals surface area (Å²) in [6, 6.07) is 5.11. The van der Waals surface area contributed by atoms with Gasteiger partial charge in [0.1, 0.15) is 5.75 Å². The van der Waals surface area contributed by atoms with Crippen LogP contribution < -0.4 is 15.4 Å². The molecule has 0 radical (unpaired) electrons. The molecule has 4 nitrogen and oxygen atoms in total. The molecule has 1 amide bonds. The van der Waals surface area contributed by atoms with E-state index in [2.05, 4.69) is 17.6 Å². The Morgan fingerprint density at radius 3 is 2.70 bits per heavy atom. The van der Waals surface area contributed by atoms with Crippen molar-refractivity contribution in [3.63, 3.8) is 0 Å². The van der Waals surface area contributed by atoms with E-state index in [0.29, 0.717) is 29.5 Å². The lowest BCUT2D eigenvalue weighted by Crippen LogP contribution is -2.32. The van der Waals surface area contributed by atoms with Crippen LogP contribution in [0.3, 0.4) is 0 Å². The van der Waals surface area contributed by atoms with E-state index in [4.69, 9.17) is 16.3 Å². The highest BCUT2D eigenvalue weighted by Crippen LogP contribution is 2.23. The molecule has 0 aromatic heterocycles. The fraction of sp³-hybridized carbons (Fsp3) is 0.533. The maximum absolute atomic E-state index is 12.1. The molecule has 0 atom stereocenters. The number of ether oxygens (including phenoxy) is 1. The first-order chi connectivity index (χ1) is 9.69. The normalized spacial score (nSPS) is 10.3. The van der Waals surface area contributed by atoms with E-state index >= 15 is 0 Å². The topological polar surface area (TPSA) is 50.4 Å². The molecule has 112 valence electrons. The zero-order valence-electron chi connectivity index (χ0n) is 12.2. The molecule has 0 aliphatic heterocycles. The minimum Gasteiger partial charge on any atom is -0.493 e. The lowest BCUT2D eigenvalue weighted by molar-refractivity contribution is 0.0950. The monoisotopic (exact) mass is 298 g/mol. The minimum atomic E-state index is -0.156. The predicted molar refractivity (Wildman–Crippen MR) is 82.7 cm³/mol. The van der Waals surface area contributed by atoms with Crippen LogP contribution in [0.25, 0.3) is 0 Å². The maximum Gasteiger partial charge on any atom is 0.255 e. The fourth-order valence-corrected chi connectivity index (χ4v) is 1.85. The molecular weight excluding hydrogens is 276 g/mol. The van der Waals surface area contributed by atoms with Crippen molar-refractivity contribution in [1.29, 1.82) is 0 Å². The molecule has 0 spiro atoms. The first kappa shape index (κ1) is 16.8. The Balaban J connectivity index is 2.58. The molecule has 20 heavy (non-hydrogen) atoms. The van der Waals surface area contributed by atoms with Gasteiger partial charge in [-0.15, -0.1) is 0 Å². The molecule has 0 aliphatic carbocycles. The summed E-state index contributed by atoms with van der Waals surface area (Å²) in [5.74, 6) is 0.423. The van der Waals surface area contributed by atoms with Crippen LogP contribution in [0.4, 0.5) is 0 Å². The van der Waals surface area contributed by atoms with Gasteiger partial charge in [-0.25, -0.2) is 0 Å². The molecule has 0 saturated carbocycles. The van der Waals surface area contributed by atoms with Gasteiger partial charge in [-0.1, -0.05) is 25.4 Å². The van der Waals surface area contributed by atoms with Crippen molar-refractivity contribution in [3.8, 4) is 5.75 Å². The van der Waals surface area contributed by atoms with Crippen LogP contribution in [-0.4, -0.2) is 32.1 Å². The summed E-state index contributed by atoms with van der Waals surface area (Å²) < 4.78 is 5.57. The van der Waals surface area contributed by atoms with Crippen molar-refractivity contribution in [2.45, 2.75) is 26.7 Å². The van der Waals surface area contributed by atoms with Crippen LogP contribution in [0.5, 0.6) is 5.75 Å². The molecule has 0 bridgehead atoms. The third kappa shape index (κ3) is 5.80. The van der Waals surface area contributed by atoms with E-state index in [1.165, 1.54) is 0 Å². The van der Waals surface area contributed by atoms with E-state index in [0.717, 1.165) is 25.9 Å². The van der Waals surface area contributed by atoms with E-state index in [-0.39, 0.29) is 5.91 Å². The molecule has 0 aliphatic rings. The number of carbonyl (C=O) groups is 1. The molecule has 1 aromatic carbocycles. The summed E-state index contributed by atoms with van der Waals surface area (Å²) in [7, 11) is 0. The SMILES string of the molecule is CCCNCCNC(=O)c1cc(Cl)ccc1OCCC. The van der Waals surface area contributed by atoms with Crippen molar-refractivity contribution >= 4 is 17.5 Å². The van der Waals surface area contributed by atoms with Crippen LogP contribution in [-0.2, 0) is 0 Å². The summed E-state index contributed by atoms with van der Waals surface area (Å²) in [6.07, 6.45) is 1.97. The molecule has 1 aromatic rings. The molecular formula is C15H23ClN2O2. The third-order valence-electron chi connectivity index (χ3n) is 2.66. The van der Waals surface area contributed by atoms with Gasteiger partial charge in [0.2, 0.25) is 0 Å². The Labute approximate surface area is 125 Å². The highest BCUT2D eigenvalue weighted by atomic mass is 35.5. The van der Waals surface area contributed by atoms with Crippen molar-refractivity contribution in [1.82, 2.24) is 10.6 Å². The van der Waals surface area contributed by atoms with Gasteiger partial charge in [-0.05, 0) is 37.6 Å². The lowest BCUT2D eigenvalue weighted by Gasteiger charge is -2.12. The van der Waals surface area contributed by atoms with Crippen LogP contribution in [0.15, 0.2) is 18.2 Å². The first-order valence-corrected chi connectivity index (χ1v) is 7.48. The zero-order valence-corrected chi connectivity index (χ0v) is 12.9. The van der Waals surface area contributed by atoms with Gasteiger partial charge in [0.05, 0.1) is 12.2 Å². The molecule has 2 N–H and O–H groups in total. The highest BCUT2D eigenvalue weighted by Gasteiger charge is 2.12. The lowest BCUT2D eigenvalue weighted by atomic mass is 10.2. The van der Waals surface area contributed by atoms with Crippen molar-refractivity contribution in [2.24, 2.45) is 0 Å². The van der Waals surface area contributed by atoms with E-state index in [1.54, 1.807) is 18.2 Å². The minimum absolute atomic E-state index is 0.156. The zero-order chi connectivity index (χ0) is 14.8. The van der Waals surface area contributed by atoms with Crippen molar-refractivity contribution in [2.75, 3.05) is 26.2 Å². The van der Waals surface area contributed by atoms with Crippen molar-refractivity contribution < 1.29 is 9.53 Å². The Morgan fingerprint density at radius 1 is 1.20 bits per heavy atom. The van der Waals surface area contributed by atoms with Gasteiger partial charge >= 0.3 is 0 Å². The van der Waals surface area contributed by atoms with E-state index < -0.39 is 0 Å². The van der Waals surface area contributed by atoms with Crippen LogP contribution in [0.1, 0.15) is 37.0 Å². The number of rotatable bonds is 9. The average molecular weight is 299 g/mol. The molecule has 5 heteroatoms. The molecule has 0 unspecified atom stereocenters. The van der Waals surface area contributed by atoms with Gasteiger partial charge in [-0.2, -0.15) is 0 Å². The van der Waals surface area contributed by atoms with Gasteiger partial charge in [0, 0.05) is 18.1 Å². The number of benzene rings is 1. The Kier molecular flexibility index (Phi) is 8.07. The van der Waals surface area contributed by atoms with Crippen molar-refractivity contribution in [3.05, 3.63) is 28.8 Å². The molecule has 0 saturated heterocycles. The summed E-state index contributed by atoms with van der Waals surface area (Å²) in [4.78, 5) is 12.1. The third-order valence-corrected chi connectivity index (χ3v) is 2.90. The van der Waals surface area contributed by atoms with E-state index in [1.807, 2.05) is 6.92 Å². The Hall–Kier alpha value is -1.26. The van der Waals surface area contributed by atoms with E-state index in [9.17, 15) is 4.79 Å². The smallest absolute Gasteiger partial charge is 0.255 e. The second-order valence-electron chi connectivity index (χ2n) is 4.49. The second kappa shape index (κ2) is 9.61. The molecule has 0 heterocycles. The van der Waals surface area contributed by atoms with Gasteiger partial charge in [-0.3, -0.25) is 4.79 Å². The quantitative estimate of drug-likeness (QED) is 0.689. The highest BCUT2D eigenvalue weighted by molar-refractivity contribution is 6.31. The Bertz CT molecular complexity index is 424. The fourth-order valence-electron chi connectivity index (χ4n) is 1.68. The molecule has 0 fully saturated rings. The Morgan fingerprint density at radius 2 is 2.00 bits per heavy atom. The van der Waals surface area contributed by atoms with Gasteiger partial charge in [0.15, 0.2) is 0 Å². The largest absolute Gasteiger partial charge is 0.493 e. The second-order valence-corrected chi connectivity index (χ2v) is 4.93. The van der Waals surface area contributed by atoms with Gasteiger partial charge < -0.3 is 15.4 Å². The molecule has 1 rings (SSSR count). The summed E-state index contributed by atoms with van der Waals surface area (Å²) in [5, 5.41) is 6.62. The van der Waals surface area contributed by atoms with Crippen LogP contribution in [0.2, 0.25) is 5.02 Å². The summed E-state index contributed by atoms with van der Waals surface area (Å²) >= 11 is 5.95. The van der Waals surface area contributed by atoms with Crippen LogP contribution >= 0.6 is 11.6 Å². The summed E-state index contributed by atoms with van der Waals surface area (Å²) in [5.41, 5.74) is 0.487. The average Bonchev–Trinajstić information content (AvgIpc) is 2.45. The predicted octanol–water partition coefficient (Wildman–Crippen LogP) is 2.86. The van der Waals surface area contributed by atoms with Gasteiger partial charge in [0.25, 0.3) is 5.91 Å². The number of amides is 1.